The molecule has 1 aliphatic heterocycles. The van der Waals surface area contributed by atoms with Gasteiger partial charge in [0.25, 0.3) is 0 Å². The van der Waals surface area contributed by atoms with Gasteiger partial charge >= 0.3 is 6.18 Å². The van der Waals surface area contributed by atoms with Crippen molar-refractivity contribution >= 4 is 17.5 Å². The molecule has 3 aliphatic rings. The zero-order chi connectivity index (χ0) is 17.1. The lowest BCUT2D eigenvalue weighted by molar-refractivity contribution is -0.140. The average Bonchev–Trinajstić information content (AvgIpc) is 3.20. The summed E-state index contributed by atoms with van der Waals surface area (Å²) in [6, 6.07) is 4.71. The fourth-order valence-electron chi connectivity index (χ4n) is 4.10. The Hall–Kier alpha value is -2.31. The minimum absolute atomic E-state index is 0.106. The largest absolute Gasteiger partial charge is 0.416 e. The number of nitrogens with one attached hydrogen (secondary N) is 1. The van der Waals surface area contributed by atoms with Crippen LogP contribution < -0.4 is 5.32 Å². The maximum atomic E-state index is 12.7. The lowest BCUT2D eigenvalue weighted by Crippen LogP contribution is -2.37. The molecule has 1 N–H and O–H groups in total. The minimum Gasteiger partial charge on any atom is -0.367 e. The molecular formula is C17H15F3N2O2. The highest BCUT2D eigenvalue weighted by Gasteiger charge is 2.59. The van der Waals surface area contributed by atoms with Crippen LogP contribution in [0, 0.1) is 23.7 Å². The Morgan fingerprint density at radius 2 is 1.71 bits per heavy atom. The smallest absolute Gasteiger partial charge is 0.367 e. The molecule has 4 atom stereocenters. The molecule has 0 aromatic heterocycles. The topological polar surface area (TPSA) is 49.4 Å². The van der Waals surface area contributed by atoms with Crippen molar-refractivity contribution in [3.63, 3.8) is 0 Å². The molecule has 2 fully saturated rings. The van der Waals surface area contributed by atoms with Crippen LogP contribution in [0.2, 0.25) is 0 Å². The summed E-state index contributed by atoms with van der Waals surface area (Å²) >= 11 is 0. The summed E-state index contributed by atoms with van der Waals surface area (Å²) in [7, 11) is 0. The number of amides is 2. The van der Waals surface area contributed by atoms with Crippen LogP contribution in [-0.2, 0) is 15.8 Å². The van der Waals surface area contributed by atoms with E-state index in [1.165, 1.54) is 12.1 Å². The monoisotopic (exact) mass is 336 g/mol. The van der Waals surface area contributed by atoms with Gasteiger partial charge in [0.1, 0.15) is 0 Å². The van der Waals surface area contributed by atoms with Crippen molar-refractivity contribution in [1.82, 2.24) is 4.90 Å². The Morgan fingerprint density at radius 1 is 1.08 bits per heavy atom. The fourth-order valence-corrected chi connectivity index (χ4v) is 4.10. The number of hydrogen-bond donors (Lipinski definition) is 1. The Labute approximate surface area is 136 Å². The third-order valence-corrected chi connectivity index (χ3v) is 5.19. The van der Waals surface area contributed by atoms with Crippen LogP contribution in [0.3, 0.4) is 0 Å². The van der Waals surface area contributed by atoms with E-state index >= 15 is 0 Å². The van der Waals surface area contributed by atoms with E-state index in [1.807, 2.05) is 12.2 Å². The number of hydrogen-bond acceptors (Lipinski definition) is 3. The molecule has 0 unspecified atom stereocenters. The van der Waals surface area contributed by atoms with Gasteiger partial charge in [-0.25, -0.2) is 0 Å². The van der Waals surface area contributed by atoms with Crippen molar-refractivity contribution < 1.29 is 22.8 Å². The van der Waals surface area contributed by atoms with Gasteiger partial charge in [-0.2, -0.15) is 13.2 Å². The quantitative estimate of drug-likeness (QED) is 0.682. The number of fused-ring (bicyclic) bond motifs is 5. The minimum atomic E-state index is -4.43. The van der Waals surface area contributed by atoms with Gasteiger partial charge in [0.15, 0.2) is 0 Å². The van der Waals surface area contributed by atoms with E-state index in [2.05, 4.69) is 5.32 Å². The number of imide groups is 1. The zero-order valence-electron chi connectivity index (χ0n) is 12.6. The molecule has 1 aromatic carbocycles. The third kappa shape index (κ3) is 2.22. The number of halogens is 3. The van der Waals surface area contributed by atoms with E-state index in [1.54, 1.807) is 0 Å². The third-order valence-electron chi connectivity index (χ3n) is 5.19. The highest BCUT2D eigenvalue weighted by Crippen LogP contribution is 2.52. The summed E-state index contributed by atoms with van der Waals surface area (Å²) in [6.07, 6.45) is 0.419. The van der Waals surface area contributed by atoms with Crippen molar-refractivity contribution in [2.24, 2.45) is 23.7 Å². The van der Waals surface area contributed by atoms with Crippen LogP contribution in [0.4, 0.5) is 18.9 Å². The van der Waals surface area contributed by atoms with Crippen molar-refractivity contribution in [3.8, 4) is 0 Å². The second kappa shape index (κ2) is 5.09. The van der Waals surface area contributed by atoms with Gasteiger partial charge in [-0.05, 0) is 36.5 Å². The molecule has 1 heterocycles. The molecule has 2 amide bonds. The number of rotatable bonds is 3. The van der Waals surface area contributed by atoms with Gasteiger partial charge in [-0.15, -0.1) is 0 Å². The molecule has 4 rings (SSSR count). The standard InChI is InChI=1S/C17H15F3N2O2/c18-17(19,20)11-2-1-3-12(7-11)21-8-22-15(23)13-9-4-5-10(6-9)14(13)16(22)24/h1-5,7,9-10,13-14,21H,6,8H2/t9-,10-,13+,14+/m0/s1. The van der Waals surface area contributed by atoms with Crippen LogP contribution in [0.5, 0.6) is 0 Å². The summed E-state index contributed by atoms with van der Waals surface area (Å²) in [4.78, 5) is 26.1. The molecule has 126 valence electrons. The molecule has 0 spiro atoms. The molecule has 1 aromatic rings. The first-order valence-electron chi connectivity index (χ1n) is 7.81. The van der Waals surface area contributed by atoms with Gasteiger partial charge < -0.3 is 5.32 Å². The van der Waals surface area contributed by atoms with Crippen molar-refractivity contribution in [1.29, 1.82) is 0 Å². The lowest BCUT2D eigenvalue weighted by atomic mass is 9.85. The SMILES string of the molecule is O=C1[C@H]2[C@H](C(=O)N1CNc1cccc(C(F)(F)F)c1)[C@H]1C=C[C@H]2C1. The number of likely N-dealkylation sites (tertiary alicyclic amines) is 1. The first kappa shape index (κ1) is 15.2. The highest BCUT2D eigenvalue weighted by molar-refractivity contribution is 6.06. The summed E-state index contributed by atoms with van der Waals surface area (Å²) in [5.41, 5.74) is -0.547. The Bertz CT molecular complexity index is 714. The first-order chi connectivity index (χ1) is 11.4. The van der Waals surface area contributed by atoms with Gasteiger partial charge in [0.2, 0.25) is 11.8 Å². The van der Waals surface area contributed by atoms with Gasteiger partial charge in [-0.3, -0.25) is 14.5 Å². The summed E-state index contributed by atoms with van der Waals surface area (Å²) < 4.78 is 38.2. The van der Waals surface area contributed by atoms with E-state index in [9.17, 15) is 22.8 Å². The second-order valence-electron chi connectivity index (χ2n) is 6.52. The van der Waals surface area contributed by atoms with Crippen LogP contribution in [0.1, 0.15) is 12.0 Å². The number of carbonyl (C=O) groups is 2. The lowest BCUT2D eigenvalue weighted by Gasteiger charge is -2.19. The molecule has 1 saturated carbocycles. The fraction of sp³-hybridized carbons (Fsp3) is 0.412. The number of benzene rings is 1. The predicted octanol–water partition coefficient (Wildman–Crippen LogP) is 2.88. The van der Waals surface area contributed by atoms with Crippen molar-refractivity contribution in [3.05, 3.63) is 42.0 Å². The summed E-state index contributed by atoms with van der Waals surface area (Å²) in [6.45, 7) is -0.106. The van der Waals surface area contributed by atoms with E-state index in [0.29, 0.717) is 0 Å². The Balaban J connectivity index is 1.48. The Morgan fingerprint density at radius 3 is 2.29 bits per heavy atom. The van der Waals surface area contributed by atoms with E-state index in [-0.39, 0.29) is 47.8 Å². The maximum Gasteiger partial charge on any atom is 0.416 e. The highest BCUT2D eigenvalue weighted by atomic mass is 19.4. The van der Waals surface area contributed by atoms with Gasteiger partial charge in [0.05, 0.1) is 24.1 Å². The first-order valence-corrected chi connectivity index (χ1v) is 7.81. The number of nitrogens with zero attached hydrogens (tertiary/aromatic N) is 1. The molecule has 1 saturated heterocycles. The van der Waals surface area contributed by atoms with Crippen LogP contribution in [-0.4, -0.2) is 23.4 Å². The van der Waals surface area contributed by atoms with Crippen LogP contribution in [0.25, 0.3) is 0 Å². The molecule has 0 radical (unpaired) electrons. The normalized spacial score (nSPS) is 31.0. The molecule has 2 bridgehead atoms. The predicted molar refractivity (Wildman–Crippen MR) is 79.5 cm³/mol. The summed E-state index contributed by atoms with van der Waals surface area (Å²) in [5, 5.41) is 2.76. The number of allylic oxidation sites excluding steroid dienone is 2. The molecule has 7 heteroatoms. The molecular weight excluding hydrogens is 321 g/mol. The van der Waals surface area contributed by atoms with E-state index in [0.717, 1.165) is 23.5 Å². The van der Waals surface area contributed by atoms with Crippen molar-refractivity contribution in [2.45, 2.75) is 12.6 Å². The second-order valence-corrected chi connectivity index (χ2v) is 6.52. The summed E-state index contributed by atoms with van der Waals surface area (Å²) in [5.74, 6) is -0.792. The molecule has 2 aliphatic carbocycles. The van der Waals surface area contributed by atoms with E-state index < -0.39 is 11.7 Å². The van der Waals surface area contributed by atoms with Crippen LogP contribution >= 0.6 is 0 Å². The van der Waals surface area contributed by atoms with Gasteiger partial charge in [-0.1, -0.05) is 18.2 Å². The molecule has 24 heavy (non-hydrogen) atoms. The molecule has 4 nitrogen and oxygen atoms in total. The van der Waals surface area contributed by atoms with Crippen LogP contribution in [0.15, 0.2) is 36.4 Å². The zero-order valence-corrected chi connectivity index (χ0v) is 12.6. The van der Waals surface area contributed by atoms with Crippen molar-refractivity contribution in [2.75, 3.05) is 12.0 Å². The maximum absolute atomic E-state index is 12.7. The van der Waals surface area contributed by atoms with E-state index in [4.69, 9.17) is 0 Å². The average molecular weight is 336 g/mol. The number of alkyl halides is 3. The number of anilines is 1. The van der Waals surface area contributed by atoms with Gasteiger partial charge in [0, 0.05) is 5.69 Å². The Kier molecular flexibility index (Phi) is 3.23. The number of carbonyl (C=O) groups excluding carboxylic acids is 2.